The normalized spacial score (nSPS) is 25.6. The molecule has 0 bridgehead atoms. The van der Waals surface area contributed by atoms with Gasteiger partial charge >= 0.3 is 6.03 Å². The molecule has 2 N–H and O–H groups in total. The SMILES string of the molecule is CC1CN(c2ccc(NC(=O)NC3CCN(C)CC3)cc2)CC(C)O1. The number of benzene rings is 1. The highest BCUT2D eigenvalue weighted by atomic mass is 16.5. The van der Waals surface area contributed by atoms with Crippen LogP contribution < -0.4 is 15.5 Å². The number of carbonyl (C=O) groups is 1. The Morgan fingerprint density at radius 3 is 2.28 bits per heavy atom. The molecule has 2 amide bonds. The van der Waals surface area contributed by atoms with Crippen molar-refractivity contribution in [2.24, 2.45) is 0 Å². The summed E-state index contributed by atoms with van der Waals surface area (Å²) in [7, 11) is 2.12. The lowest BCUT2D eigenvalue weighted by Crippen LogP contribution is -2.45. The van der Waals surface area contributed by atoms with Gasteiger partial charge in [0.15, 0.2) is 0 Å². The summed E-state index contributed by atoms with van der Waals surface area (Å²) < 4.78 is 5.78. The number of piperidine rings is 1. The Balaban J connectivity index is 1.51. The molecule has 2 atom stereocenters. The molecule has 2 aliphatic rings. The molecule has 25 heavy (non-hydrogen) atoms. The Kier molecular flexibility index (Phi) is 5.81. The van der Waals surface area contributed by atoms with Crippen molar-refractivity contribution in [3.8, 4) is 0 Å². The molecule has 2 saturated heterocycles. The van der Waals surface area contributed by atoms with Crippen molar-refractivity contribution in [3.05, 3.63) is 24.3 Å². The summed E-state index contributed by atoms with van der Waals surface area (Å²) in [6.07, 6.45) is 2.50. The molecule has 3 rings (SSSR count). The number of nitrogens with one attached hydrogen (secondary N) is 2. The Labute approximate surface area is 150 Å². The monoisotopic (exact) mass is 346 g/mol. The number of rotatable bonds is 3. The second-order valence-corrected chi connectivity index (χ2v) is 7.39. The maximum absolute atomic E-state index is 12.2. The van der Waals surface area contributed by atoms with E-state index in [4.69, 9.17) is 4.74 Å². The minimum absolute atomic E-state index is 0.115. The predicted octanol–water partition coefficient (Wildman–Crippen LogP) is 2.52. The summed E-state index contributed by atoms with van der Waals surface area (Å²) in [5.41, 5.74) is 1.99. The highest BCUT2D eigenvalue weighted by Crippen LogP contribution is 2.22. The fourth-order valence-electron chi connectivity index (χ4n) is 3.65. The maximum atomic E-state index is 12.2. The molecule has 0 aromatic heterocycles. The maximum Gasteiger partial charge on any atom is 0.319 e. The van der Waals surface area contributed by atoms with Crippen LogP contribution in [0.4, 0.5) is 16.2 Å². The molecular formula is C19H30N4O2. The number of morpholine rings is 1. The van der Waals surface area contributed by atoms with E-state index in [0.29, 0.717) is 0 Å². The van der Waals surface area contributed by atoms with Gasteiger partial charge in [0.25, 0.3) is 0 Å². The molecule has 6 heteroatoms. The number of hydrogen-bond donors (Lipinski definition) is 2. The fourth-order valence-corrected chi connectivity index (χ4v) is 3.65. The van der Waals surface area contributed by atoms with Gasteiger partial charge in [0.2, 0.25) is 0 Å². The van der Waals surface area contributed by atoms with E-state index in [0.717, 1.165) is 44.7 Å². The van der Waals surface area contributed by atoms with Gasteiger partial charge < -0.3 is 25.2 Å². The van der Waals surface area contributed by atoms with Crippen LogP contribution in [0.1, 0.15) is 26.7 Å². The third kappa shape index (κ3) is 5.09. The second-order valence-electron chi connectivity index (χ2n) is 7.39. The Hall–Kier alpha value is -1.79. The average molecular weight is 346 g/mol. The fraction of sp³-hybridized carbons (Fsp3) is 0.632. The van der Waals surface area contributed by atoms with Gasteiger partial charge in [-0.25, -0.2) is 4.79 Å². The van der Waals surface area contributed by atoms with Crippen LogP contribution in [0.2, 0.25) is 0 Å². The molecule has 0 saturated carbocycles. The summed E-state index contributed by atoms with van der Waals surface area (Å²) in [4.78, 5) is 16.8. The van der Waals surface area contributed by atoms with E-state index < -0.39 is 0 Å². The van der Waals surface area contributed by atoms with E-state index in [-0.39, 0.29) is 24.3 Å². The van der Waals surface area contributed by atoms with Crippen LogP contribution in [0.5, 0.6) is 0 Å². The molecule has 0 spiro atoms. The minimum atomic E-state index is -0.115. The lowest BCUT2D eigenvalue weighted by atomic mass is 10.1. The van der Waals surface area contributed by atoms with Crippen molar-refractivity contribution < 1.29 is 9.53 Å². The van der Waals surface area contributed by atoms with E-state index in [2.05, 4.69) is 53.5 Å². The first-order chi connectivity index (χ1) is 12.0. The molecule has 2 unspecified atom stereocenters. The smallest absolute Gasteiger partial charge is 0.319 e. The molecule has 1 aromatic rings. The highest BCUT2D eigenvalue weighted by molar-refractivity contribution is 5.89. The zero-order valence-electron chi connectivity index (χ0n) is 15.5. The molecule has 2 fully saturated rings. The third-order valence-electron chi connectivity index (χ3n) is 4.96. The highest BCUT2D eigenvalue weighted by Gasteiger charge is 2.22. The van der Waals surface area contributed by atoms with E-state index in [1.165, 1.54) is 5.69 Å². The van der Waals surface area contributed by atoms with Gasteiger partial charge in [-0.3, -0.25) is 0 Å². The Morgan fingerprint density at radius 1 is 1.08 bits per heavy atom. The van der Waals surface area contributed by atoms with E-state index in [1.807, 2.05) is 12.1 Å². The zero-order valence-corrected chi connectivity index (χ0v) is 15.5. The lowest BCUT2D eigenvalue weighted by molar-refractivity contribution is -0.00521. The van der Waals surface area contributed by atoms with Gasteiger partial charge in [-0.2, -0.15) is 0 Å². The van der Waals surface area contributed by atoms with Crippen LogP contribution in [0.25, 0.3) is 0 Å². The number of nitrogens with zero attached hydrogens (tertiary/aromatic N) is 2. The quantitative estimate of drug-likeness (QED) is 0.883. The van der Waals surface area contributed by atoms with Crippen molar-refractivity contribution in [2.45, 2.75) is 44.9 Å². The first-order valence-corrected chi connectivity index (χ1v) is 9.26. The molecule has 0 aliphatic carbocycles. The van der Waals surface area contributed by atoms with Gasteiger partial charge in [-0.05, 0) is 71.1 Å². The molecule has 1 aromatic carbocycles. The third-order valence-corrected chi connectivity index (χ3v) is 4.96. The first-order valence-electron chi connectivity index (χ1n) is 9.26. The molecule has 2 heterocycles. The number of carbonyl (C=O) groups excluding carboxylic acids is 1. The molecule has 0 radical (unpaired) electrons. The number of ether oxygens (including phenoxy) is 1. The van der Waals surface area contributed by atoms with Crippen LogP contribution in [-0.2, 0) is 4.74 Å². The number of likely N-dealkylation sites (tertiary alicyclic amines) is 1. The lowest BCUT2D eigenvalue weighted by Gasteiger charge is -2.36. The van der Waals surface area contributed by atoms with Crippen LogP contribution in [0.15, 0.2) is 24.3 Å². The van der Waals surface area contributed by atoms with Gasteiger partial charge in [0.1, 0.15) is 0 Å². The van der Waals surface area contributed by atoms with Gasteiger partial charge in [0, 0.05) is 30.5 Å². The summed E-state index contributed by atoms with van der Waals surface area (Å²) in [5, 5.41) is 6.02. The summed E-state index contributed by atoms with van der Waals surface area (Å²) >= 11 is 0. The molecule has 138 valence electrons. The summed E-state index contributed by atoms with van der Waals surface area (Å²) in [6.45, 7) is 8.07. The number of anilines is 2. The van der Waals surface area contributed by atoms with Gasteiger partial charge in [0.05, 0.1) is 12.2 Å². The Bertz CT molecular complexity index is 559. The van der Waals surface area contributed by atoms with E-state index in [9.17, 15) is 4.79 Å². The van der Waals surface area contributed by atoms with Crippen molar-refractivity contribution in [3.63, 3.8) is 0 Å². The van der Waals surface area contributed by atoms with Crippen LogP contribution in [-0.4, -0.2) is 62.4 Å². The standard InChI is InChI=1S/C19H30N4O2/c1-14-12-23(13-15(2)25-14)18-6-4-16(5-7-18)20-19(24)21-17-8-10-22(3)11-9-17/h4-7,14-15,17H,8-13H2,1-3H3,(H2,20,21,24). The van der Waals surface area contributed by atoms with Crippen molar-refractivity contribution in [2.75, 3.05) is 43.4 Å². The van der Waals surface area contributed by atoms with Gasteiger partial charge in [-0.1, -0.05) is 0 Å². The van der Waals surface area contributed by atoms with Crippen molar-refractivity contribution in [1.82, 2.24) is 10.2 Å². The topological polar surface area (TPSA) is 56.8 Å². The van der Waals surface area contributed by atoms with Crippen molar-refractivity contribution in [1.29, 1.82) is 0 Å². The summed E-state index contributed by atoms with van der Waals surface area (Å²) in [5.74, 6) is 0. The summed E-state index contributed by atoms with van der Waals surface area (Å²) in [6, 6.07) is 8.22. The molecule has 6 nitrogen and oxygen atoms in total. The minimum Gasteiger partial charge on any atom is -0.372 e. The van der Waals surface area contributed by atoms with Gasteiger partial charge in [-0.15, -0.1) is 0 Å². The number of hydrogen-bond acceptors (Lipinski definition) is 4. The Morgan fingerprint density at radius 2 is 1.68 bits per heavy atom. The van der Waals surface area contributed by atoms with E-state index in [1.54, 1.807) is 0 Å². The molecule has 2 aliphatic heterocycles. The van der Waals surface area contributed by atoms with E-state index >= 15 is 0 Å². The number of amides is 2. The van der Waals surface area contributed by atoms with Crippen LogP contribution in [0, 0.1) is 0 Å². The largest absolute Gasteiger partial charge is 0.372 e. The van der Waals surface area contributed by atoms with Crippen molar-refractivity contribution >= 4 is 17.4 Å². The number of urea groups is 1. The zero-order chi connectivity index (χ0) is 17.8. The molecular weight excluding hydrogens is 316 g/mol. The van der Waals surface area contributed by atoms with Crippen LogP contribution in [0.3, 0.4) is 0 Å². The second kappa shape index (κ2) is 8.06. The predicted molar refractivity (Wildman–Crippen MR) is 101 cm³/mol. The van der Waals surface area contributed by atoms with Crippen LogP contribution >= 0.6 is 0 Å². The average Bonchev–Trinajstić information content (AvgIpc) is 2.57. The first kappa shape index (κ1) is 18.0.